The number of aromatic nitrogens is 2. The normalized spacial score (nSPS) is 11.1. The Morgan fingerprint density at radius 1 is 0.923 bits per heavy atom. The van der Waals surface area contributed by atoms with Crippen LogP contribution >= 0.6 is 27.3 Å². The maximum Gasteiger partial charge on any atom is 0.143 e. The highest BCUT2D eigenvalue weighted by Gasteiger charge is 2.14. The second-order valence-corrected chi connectivity index (χ2v) is 8.15. The van der Waals surface area contributed by atoms with E-state index in [9.17, 15) is 0 Å². The summed E-state index contributed by atoms with van der Waals surface area (Å²) in [5.74, 6) is 0.834. The van der Waals surface area contributed by atoms with E-state index < -0.39 is 0 Å². The smallest absolute Gasteiger partial charge is 0.143 e. The molecule has 130 valence electrons. The van der Waals surface area contributed by atoms with Gasteiger partial charge in [0.15, 0.2) is 0 Å². The van der Waals surface area contributed by atoms with Gasteiger partial charge >= 0.3 is 0 Å². The molecule has 26 heavy (non-hydrogen) atoms. The van der Waals surface area contributed by atoms with E-state index in [0.29, 0.717) is 0 Å². The first-order valence-corrected chi connectivity index (χ1v) is 10.0. The zero-order valence-corrected chi connectivity index (χ0v) is 17.2. The Morgan fingerprint density at radius 3 is 2.50 bits per heavy atom. The van der Waals surface area contributed by atoms with Crippen LogP contribution in [0.25, 0.3) is 21.3 Å². The van der Waals surface area contributed by atoms with E-state index in [1.807, 2.05) is 0 Å². The third kappa shape index (κ3) is 3.13. The van der Waals surface area contributed by atoms with Crippen LogP contribution in [0, 0.1) is 20.8 Å². The van der Waals surface area contributed by atoms with Crippen molar-refractivity contribution in [3.05, 3.63) is 69.3 Å². The molecule has 0 saturated heterocycles. The fraction of sp³-hybridized carbons (Fsp3) is 0.143. The predicted octanol–water partition coefficient (Wildman–Crippen LogP) is 6.79. The summed E-state index contributed by atoms with van der Waals surface area (Å²) in [4.78, 5) is 9.97. The molecule has 0 aliphatic heterocycles. The topological polar surface area (TPSA) is 37.8 Å². The van der Waals surface area contributed by atoms with Crippen molar-refractivity contribution >= 4 is 49.0 Å². The molecule has 0 aliphatic carbocycles. The van der Waals surface area contributed by atoms with Gasteiger partial charge in [0.25, 0.3) is 0 Å². The Kier molecular flexibility index (Phi) is 4.51. The van der Waals surface area contributed by atoms with Gasteiger partial charge < -0.3 is 5.32 Å². The maximum absolute atomic E-state index is 4.52. The summed E-state index contributed by atoms with van der Waals surface area (Å²) in [6.45, 7) is 6.36. The minimum absolute atomic E-state index is 0.834. The second kappa shape index (κ2) is 6.82. The van der Waals surface area contributed by atoms with E-state index in [1.165, 1.54) is 27.8 Å². The molecule has 0 amide bonds. The molecule has 3 nitrogen and oxygen atoms in total. The van der Waals surface area contributed by atoms with Gasteiger partial charge in [0.05, 0.1) is 5.39 Å². The summed E-state index contributed by atoms with van der Waals surface area (Å²) in [5.41, 5.74) is 7.15. The molecular formula is C21H18BrN3S. The molecule has 0 fully saturated rings. The van der Waals surface area contributed by atoms with Crippen LogP contribution in [0.5, 0.6) is 0 Å². The van der Waals surface area contributed by atoms with Gasteiger partial charge in [-0.05, 0) is 55.2 Å². The minimum atomic E-state index is 0.834. The van der Waals surface area contributed by atoms with E-state index >= 15 is 0 Å². The molecule has 1 N–H and O–H groups in total. The van der Waals surface area contributed by atoms with Gasteiger partial charge in [0, 0.05) is 21.1 Å². The van der Waals surface area contributed by atoms with Crippen molar-refractivity contribution in [3.8, 4) is 11.1 Å². The third-order valence-electron chi connectivity index (χ3n) is 4.62. The molecule has 4 rings (SSSR count). The maximum atomic E-state index is 4.52. The Labute approximate surface area is 165 Å². The molecule has 5 heteroatoms. The van der Waals surface area contributed by atoms with Crippen LogP contribution in [0.3, 0.4) is 0 Å². The minimum Gasteiger partial charge on any atom is -0.340 e. The van der Waals surface area contributed by atoms with Crippen molar-refractivity contribution in [3.63, 3.8) is 0 Å². The lowest BCUT2D eigenvalue weighted by atomic mass is 10.0. The molecule has 4 aromatic rings. The molecule has 0 unspecified atom stereocenters. The summed E-state index contributed by atoms with van der Waals surface area (Å²) in [6, 6.07) is 12.8. The average Bonchev–Trinajstić information content (AvgIpc) is 3.06. The Balaban J connectivity index is 1.84. The molecule has 0 radical (unpaired) electrons. The Bertz CT molecular complexity index is 1120. The van der Waals surface area contributed by atoms with Crippen molar-refractivity contribution in [2.45, 2.75) is 20.8 Å². The zero-order chi connectivity index (χ0) is 18.3. The molecule has 0 saturated carbocycles. The molecule has 0 spiro atoms. The largest absolute Gasteiger partial charge is 0.340 e. The number of fused-ring (bicyclic) bond motifs is 1. The number of rotatable bonds is 3. The summed E-state index contributed by atoms with van der Waals surface area (Å²) >= 11 is 5.25. The van der Waals surface area contributed by atoms with Gasteiger partial charge in [-0.3, -0.25) is 0 Å². The predicted molar refractivity (Wildman–Crippen MR) is 114 cm³/mol. The molecular weight excluding hydrogens is 406 g/mol. The lowest BCUT2D eigenvalue weighted by molar-refractivity contribution is 1.23. The first-order chi connectivity index (χ1) is 12.5. The van der Waals surface area contributed by atoms with E-state index in [2.05, 4.69) is 93.8 Å². The quantitative estimate of drug-likeness (QED) is 0.394. The Morgan fingerprint density at radius 2 is 1.73 bits per heavy atom. The zero-order valence-electron chi connectivity index (χ0n) is 14.8. The monoisotopic (exact) mass is 423 g/mol. The highest BCUT2D eigenvalue weighted by molar-refractivity contribution is 9.10. The number of benzene rings is 2. The lowest BCUT2D eigenvalue weighted by Gasteiger charge is -2.10. The summed E-state index contributed by atoms with van der Waals surface area (Å²) in [6.07, 6.45) is 1.62. The van der Waals surface area contributed by atoms with Crippen LogP contribution in [0.15, 0.2) is 52.6 Å². The molecule has 0 atom stereocenters. The van der Waals surface area contributed by atoms with Crippen LogP contribution in [-0.4, -0.2) is 9.97 Å². The van der Waals surface area contributed by atoms with Crippen molar-refractivity contribution in [1.29, 1.82) is 0 Å². The molecule has 0 aliphatic rings. The molecule has 2 heterocycles. The number of anilines is 2. The highest BCUT2D eigenvalue weighted by atomic mass is 79.9. The standard InChI is InChI=1S/C21H18BrN3S/c1-12-4-6-15(8-14(12)3)17-10-26-21-19(17)20(23-11-24-21)25-16-7-5-13(2)18(22)9-16/h4-11H,1-3H3,(H,23,24,25). The Hall–Kier alpha value is -2.24. The number of aryl methyl sites for hydroxylation is 3. The van der Waals surface area contributed by atoms with Crippen molar-refractivity contribution < 1.29 is 0 Å². The number of hydrogen-bond donors (Lipinski definition) is 1. The van der Waals surface area contributed by atoms with Crippen molar-refractivity contribution in [2.75, 3.05) is 5.32 Å². The van der Waals surface area contributed by atoms with Gasteiger partial charge in [0.1, 0.15) is 17.0 Å². The fourth-order valence-corrected chi connectivity index (χ4v) is 4.19. The van der Waals surface area contributed by atoms with E-state index in [4.69, 9.17) is 0 Å². The van der Waals surface area contributed by atoms with Crippen LogP contribution in [-0.2, 0) is 0 Å². The summed E-state index contributed by atoms with van der Waals surface area (Å²) in [7, 11) is 0. The number of nitrogens with zero attached hydrogens (tertiary/aromatic N) is 2. The molecule has 2 aromatic heterocycles. The fourth-order valence-electron chi connectivity index (χ4n) is 2.90. The van der Waals surface area contributed by atoms with Gasteiger partial charge in [-0.1, -0.05) is 40.2 Å². The summed E-state index contributed by atoms with van der Waals surface area (Å²) in [5, 5.41) is 6.70. The van der Waals surface area contributed by atoms with E-state index in [-0.39, 0.29) is 0 Å². The number of thiophene rings is 1. The first kappa shape index (κ1) is 17.2. The lowest BCUT2D eigenvalue weighted by Crippen LogP contribution is -1.96. The number of nitrogens with one attached hydrogen (secondary N) is 1. The van der Waals surface area contributed by atoms with Gasteiger partial charge in [-0.2, -0.15) is 0 Å². The van der Waals surface area contributed by atoms with Crippen LogP contribution in [0.4, 0.5) is 11.5 Å². The van der Waals surface area contributed by atoms with E-state index in [1.54, 1.807) is 17.7 Å². The van der Waals surface area contributed by atoms with Crippen LogP contribution in [0.2, 0.25) is 0 Å². The molecule has 2 aromatic carbocycles. The highest BCUT2D eigenvalue weighted by Crippen LogP contribution is 2.38. The van der Waals surface area contributed by atoms with Crippen molar-refractivity contribution in [1.82, 2.24) is 9.97 Å². The van der Waals surface area contributed by atoms with E-state index in [0.717, 1.165) is 26.2 Å². The van der Waals surface area contributed by atoms with Gasteiger partial charge in [-0.15, -0.1) is 11.3 Å². The summed E-state index contributed by atoms with van der Waals surface area (Å²) < 4.78 is 1.08. The van der Waals surface area contributed by atoms with Crippen molar-refractivity contribution in [2.24, 2.45) is 0 Å². The second-order valence-electron chi connectivity index (χ2n) is 6.44. The first-order valence-electron chi connectivity index (χ1n) is 8.36. The van der Waals surface area contributed by atoms with Gasteiger partial charge in [0.2, 0.25) is 0 Å². The number of halogens is 1. The van der Waals surface area contributed by atoms with Crippen LogP contribution < -0.4 is 5.32 Å². The number of hydrogen-bond acceptors (Lipinski definition) is 4. The average molecular weight is 424 g/mol. The third-order valence-corrected chi connectivity index (χ3v) is 6.36. The van der Waals surface area contributed by atoms with Crippen LogP contribution in [0.1, 0.15) is 16.7 Å². The van der Waals surface area contributed by atoms with Gasteiger partial charge in [-0.25, -0.2) is 9.97 Å². The SMILES string of the molecule is Cc1ccc(-c2csc3ncnc(Nc4ccc(C)c(Br)c4)c23)cc1C. The molecule has 0 bridgehead atoms.